The fourth-order valence-electron chi connectivity index (χ4n) is 2.32. The van der Waals surface area contributed by atoms with Crippen molar-refractivity contribution >= 4 is 41.5 Å². The molecule has 15 heavy (non-hydrogen) atoms. The summed E-state index contributed by atoms with van der Waals surface area (Å²) in [6.45, 7) is 5.10. The van der Waals surface area contributed by atoms with E-state index < -0.39 is 28.7 Å². The Balaban J connectivity index is 0.00000196. The van der Waals surface area contributed by atoms with Crippen LogP contribution in [0.4, 0.5) is 0 Å². The van der Waals surface area contributed by atoms with Gasteiger partial charge < -0.3 is 10.2 Å². The van der Waals surface area contributed by atoms with Crippen molar-refractivity contribution in [1.29, 1.82) is 0 Å². The van der Waals surface area contributed by atoms with Gasteiger partial charge in [-0.15, -0.1) is 0 Å². The molecule has 0 saturated heterocycles. The van der Waals surface area contributed by atoms with E-state index in [2.05, 4.69) is 0 Å². The summed E-state index contributed by atoms with van der Waals surface area (Å²) in [6.07, 6.45) is 0.886. The molecule has 0 spiro atoms. The molecule has 0 heterocycles. The Kier molecular flexibility index (Phi) is 4.42. The van der Waals surface area contributed by atoms with Crippen LogP contribution in [0.1, 0.15) is 33.6 Å². The van der Waals surface area contributed by atoms with Gasteiger partial charge in [-0.25, -0.2) is 0 Å². The number of rotatable bonds is 2. The summed E-state index contributed by atoms with van der Waals surface area (Å²) < 4.78 is 0. The maximum atomic E-state index is 11.1. The van der Waals surface area contributed by atoms with E-state index in [1.54, 1.807) is 20.8 Å². The molecule has 2 atom stereocenters. The van der Waals surface area contributed by atoms with Gasteiger partial charge >= 0.3 is 11.9 Å². The smallest absolute Gasteiger partial charge is 0.309 e. The number of hydrogen-bond donors (Lipinski definition) is 2. The molecule has 0 amide bonds. The zero-order valence-corrected chi connectivity index (χ0v) is 11.7. The Labute approximate surface area is 111 Å². The number of carboxylic acids is 2. The van der Waals surface area contributed by atoms with Gasteiger partial charge in [0.15, 0.2) is 0 Å². The van der Waals surface area contributed by atoms with Crippen LogP contribution in [0.15, 0.2) is 0 Å². The van der Waals surface area contributed by atoms with Gasteiger partial charge in [0.05, 0.1) is 11.3 Å². The number of aliphatic carboxylic acids is 2. The van der Waals surface area contributed by atoms with E-state index >= 15 is 0 Å². The minimum Gasteiger partial charge on any atom is -0.481 e. The molecule has 1 fully saturated rings. The molecule has 2 N–H and O–H groups in total. The summed E-state index contributed by atoms with van der Waals surface area (Å²) in [7, 11) is 0. The van der Waals surface area contributed by atoms with Gasteiger partial charge in [-0.1, -0.05) is 13.8 Å². The van der Waals surface area contributed by atoms with Crippen LogP contribution in [0.2, 0.25) is 0 Å². The summed E-state index contributed by atoms with van der Waals surface area (Å²) in [6, 6.07) is 0. The summed E-state index contributed by atoms with van der Waals surface area (Å²) in [4.78, 5) is 22.0. The van der Waals surface area contributed by atoms with E-state index in [0.717, 1.165) is 0 Å². The van der Waals surface area contributed by atoms with E-state index in [-0.39, 0.29) is 29.6 Å². The Morgan fingerprint density at radius 1 is 1.20 bits per heavy atom. The molecule has 0 bridgehead atoms. The summed E-state index contributed by atoms with van der Waals surface area (Å²) in [5, 5.41) is 18.1. The average molecular weight is 223 g/mol. The third kappa shape index (κ3) is 2.08. The molecule has 0 aromatic carbocycles. The maximum Gasteiger partial charge on any atom is 0.309 e. The first-order valence-electron chi connectivity index (χ1n) is 4.69. The monoisotopic (exact) mass is 223 g/mol. The van der Waals surface area contributed by atoms with E-state index in [9.17, 15) is 9.59 Å². The van der Waals surface area contributed by atoms with Crippen molar-refractivity contribution in [2.45, 2.75) is 33.6 Å². The molecule has 2 unspecified atom stereocenters. The Hall–Kier alpha value is -0.0600. The zero-order valence-electron chi connectivity index (χ0n) is 9.70. The molecule has 1 rings (SSSR count). The maximum absolute atomic E-state index is 11.1. The van der Waals surface area contributed by atoms with Gasteiger partial charge in [0, 0.05) is 29.6 Å². The second-order valence-corrected chi connectivity index (χ2v) is 4.79. The predicted octanol–water partition coefficient (Wildman–Crippen LogP) is 1.22. The van der Waals surface area contributed by atoms with E-state index in [1.807, 2.05) is 0 Å². The topological polar surface area (TPSA) is 74.6 Å². The summed E-state index contributed by atoms with van der Waals surface area (Å²) in [5.74, 6) is -2.34. The van der Waals surface area contributed by atoms with Crippen molar-refractivity contribution in [3.8, 4) is 0 Å². The normalized spacial score (nSPS) is 33.1. The van der Waals surface area contributed by atoms with Crippen LogP contribution in [-0.2, 0) is 9.59 Å². The second-order valence-electron chi connectivity index (χ2n) is 4.79. The minimum absolute atomic E-state index is 0. The van der Waals surface area contributed by atoms with Crippen LogP contribution in [-0.4, -0.2) is 51.7 Å². The van der Waals surface area contributed by atoms with Crippen molar-refractivity contribution in [2.75, 3.05) is 0 Å². The SMILES string of the molecule is CC1(C(=O)O)CCC(C(=O)O)C1(C)C.[Na]. The first-order valence-corrected chi connectivity index (χ1v) is 4.69. The van der Waals surface area contributed by atoms with E-state index in [4.69, 9.17) is 10.2 Å². The second kappa shape index (κ2) is 4.44. The summed E-state index contributed by atoms with van der Waals surface area (Å²) >= 11 is 0. The molecule has 0 aromatic rings. The molecule has 5 heteroatoms. The van der Waals surface area contributed by atoms with Gasteiger partial charge in [-0.2, -0.15) is 0 Å². The molecule has 1 saturated carbocycles. The average Bonchev–Trinajstić information content (AvgIpc) is 2.24. The van der Waals surface area contributed by atoms with Crippen LogP contribution in [0.3, 0.4) is 0 Å². The molecule has 81 valence electrons. The van der Waals surface area contributed by atoms with Crippen molar-refractivity contribution in [1.82, 2.24) is 0 Å². The van der Waals surface area contributed by atoms with Crippen molar-refractivity contribution in [3.05, 3.63) is 0 Å². The van der Waals surface area contributed by atoms with Gasteiger partial charge in [0.25, 0.3) is 0 Å². The van der Waals surface area contributed by atoms with Gasteiger partial charge in [-0.3, -0.25) is 9.59 Å². The van der Waals surface area contributed by atoms with E-state index in [1.165, 1.54) is 0 Å². The van der Waals surface area contributed by atoms with Gasteiger partial charge in [-0.05, 0) is 25.2 Å². The molecule has 4 nitrogen and oxygen atoms in total. The Bertz CT molecular complexity index is 287. The third-order valence-corrected chi connectivity index (χ3v) is 4.00. The van der Waals surface area contributed by atoms with Crippen LogP contribution >= 0.6 is 0 Å². The minimum atomic E-state index is -0.921. The fourth-order valence-corrected chi connectivity index (χ4v) is 2.32. The van der Waals surface area contributed by atoms with Crippen LogP contribution in [0, 0.1) is 16.7 Å². The predicted molar refractivity (Wildman–Crippen MR) is 55.6 cm³/mol. The number of carboxylic acid groups (broad SMARTS) is 2. The zero-order chi connectivity index (χ0) is 11.1. The van der Waals surface area contributed by atoms with Crippen LogP contribution in [0.5, 0.6) is 0 Å². The van der Waals surface area contributed by atoms with E-state index in [0.29, 0.717) is 12.8 Å². The van der Waals surface area contributed by atoms with Gasteiger partial charge in [0.2, 0.25) is 0 Å². The van der Waals surface area contributed by atoms with Crippen molar-refractivity contribution in [3.63, 3.8) is 0 Å². The number of hydrogen-bond acceptors (Lipinski definition) is 2. The molecular weight excluding hydrogens is 207 g/mol. The number of carbonyl (C=O) groups is 2. The molecule has 1 aliphatic rings. The quantitative estimate of drug-likeness (QED) is 0.690. The molecule has 0 aliphatic heterocycles. The van der Waals surface area contributed by atoms with Crippen molar-refractivity contribution < 1.29 is 19.8 Å². The first-order chi connectivity index (χ1) is 6.23. The molecule has 1 aliphatic carbocycles. The molecular formula is C10H16NaO4. The van der Waals surface area contributed by atoms with Gasteiger partial charge in [0.1, 0.15) is 0 Å². The standard InChI is InChI=1S/C10H16O4.Na/c1-9(2)6(7(11)12)4-5-10(9,3)8(13)14;/h6H,4-5H2,1-3H3,(H,11,12)(H,13,14);. The summed E-state index contributed by atoms with van der Waals surface area (Å²) in [5.41, 5.74) is -1.61. The Morgan fingerprint density at radius 2 is 1.67 bits per heavy atom. The van der Waals surface area contributed by atoms with Crippen LogP contribution < -0.4 is 0 Å². The third-order valence-electron chi connectivity index (χ3n) is 4.00. The van der Waals surface area contributed by atoms with Crippen molar-refractivity contribution in [2.24, 2.45) is 16.7 Å². The molecule has 0 aromatic heterocycles. The molecule has 1 radical (unpaired) electrons. The largest absolute Gasteiger partial charge is 0.481 e. The fraction of sp³-hybridized carbons (Fsp3) is 0.800. The van der Waals surface area contributed by atoms with Crippen LogP contribution in [0.25, 0.3) is 0 Å². The first kappa shape index (κ1) is 14.9. The Morgan fingerprint density at radius 3 is 1.87 bits per heavy atom.